The van der Waals surface area contributed by atoms with E-state index in [1.54, 1.807) is 42.5 Å². The van der Waals surface area contributed by atoms with Crippen LogP contribution in [0.3, 0.4) is 0 Å². The number of hydrogen-bond acceptors (Lipinski definition) is 4. The van der Waals surface area contributed by atoms with Crippen molar-refractivity contribution < 1.29 is 14.3 Å². The molecule has 30 heavy (non-hydrogen) atoms. The molecule has 4 rings (SSSR count). The third-order valence-electron chi connectivity index (χ3n) is 4.66. The molecule has 0 bridgehead atoms. The normalized spacial score (nSPS) is 11.5. The van der Waals surface area contributed by atoms with E-state index in [4.69, 9.17) is 4.42 Å². The molecule has 0 atom stereocenters. The Hall–Kier alpha value is -4.18. The summed E-state index contributed by atoms with van der Waals surface area (Å²) in [6.07, 6.45) is 6.27. The number of fused-ring (bicyclic) bond motifs is 1. The minimum absolute atomic E-state index is 0.109. The van der Waals surface area contributed by atoms with Crippen molar-refractivity contribution in [2.24, 2.45) is 0 Å². The fraction of sp³-hybridized carbons (Fsp3) is 0. The van der Waals surface area contributed by atoms with Gasteiger partial charge in [-0.3, -0.25) is 9.59 Å². The molecule has 0 fully saturated rings. The lowest BCUT2D eigenvalue weighted by molar-refractivity contribution is 0.104. The van der Waals surface area contributed by atoms with Crippen molar-refractivity contribution in [3.8, 4) is 5.75 Å². The lowest BCUT2D eigenvalue weighted by Gasteiger charge is -2.04. The topological polar surface area (TPSA) is 67.5 Å². The molecular weight excluding hydrogens is 376 g/mol. The molecule has 146 valence electrons. The molecule has 0 unspecified atom stereocenters. The lowest BCUT2D eigenvalue weighted by Crippen LogP contribution is -2.08. The highest BCUT2D eigenvalue weighted by Gasteiger charge is 2.12. The zero-order valence-corrected chi connectivity index (χ0v) is 16.0. The number of ketones is 1. The summed E-state index contributed by atoms with van der Waals surface area (Å²) in [4.78, 5) is 25.6. The lowest BCUT2D eigenvalue weighted by atomic mass is 10.1. The van der Waals surface area contributed by atoms with Crippen LogP contribution in [0.25, 0.3) is 29.2 Å². The standard InChI is InChI=1S/C26H18O4/c27-22-12-6-4-10-19(22)23(28)16-15-21-25(17-14-18-8-2-1-3-9-18)30-24-13-7-5-11-20(24)26(21)29/h1-17,27H/b16-15+,17-14+. The zero-order chi connectivity index (χ0) is 20.9. The summed E-state index contributed by atoms with van der Waals surface area (Å²) in [7, 11) is 0. The van der Waals surface area contributed by atoms with E-state index in [9.17, 15) is 14.7 Å². The number of phenolic OH excluding ortho intramolecular Hbond substituents is 1. The summed E-state index contributed by atoms with van der Waals surface area (Å²) in [5.74, 6) is -0.163. The second-order valence-electron chi connectivity index (χ2n) is 6.66. The first kappa shape index (κ1) is 19.2. The highest BCUT2D eigenvalue weighted by molar-refractivity contribution is 6.08. The van der Waals surface area contributed by atoms with E-state index < -0.39 is 5.78 Å². The average molecular weight is 394 g/mol. The number of phenols is 1. The number of rotatable bonds is 5. The number of benzene rings is 3. The fourth-order valence-electron chi connectivity index (χ4n) is 3.12. The van der Waals surface area contributed by atoms with E-state index in [0.717, 1.165) is 5.56 Å². The van der Waals surface area contributed by atoms with Crippen LogP contribution in [0.2, 0.25) is 0 Å². The fourth-order valence-corrected chi connectivity index (χ4v) is 3.12. The first-order valence-corrected chi connectivity index (χ1v) is 9.43. The molecule has 4 aromatic rings. The Morgan fingerprint density at radius 2 is 1.50 bits per heavy atom. The molecule has 0 saturated carbocycles. The Balaban J connectivity index is 1.80. The van der Waals surface area contributed by atoms with E-state index in [2.05, 4.69) is 0 Å². The molecule has 0 aliphatic rings. The smallest absolute Gasteiger partial charge is 0.200 e. The molecule has 1 heterocycles. The monoisotopic (exact) mass is 394 g/mol. The van der Waals surface area contributed by atoms with Crippen LogP contribution in [0.1, 0.15) is 27.2 Å². The molecule has 1 N–H and O–H groups in total. The van der Waals surface area contributed by atoms with Gasteiger partial charge < -0.3 is 9.52 Å². The van der Waals surface area contributed by atoms with Crippen LogP contribution in [-0.2, 0) is 0 Å². The second kappa shape index (κ2) is 8.45. The van der Waals surface area contributed by atoms with Gasteiger partial charge in [-0.15, -0.1) is 0 Å². The molecule has 0 aliphatic heterocycles. The number of hydrogen-bond donors (Lipinski definition) is 1. The van der Waals surface area contributed by atoms with Gasteiger partial charge in [0.05, 0.1) is 16.5 Å². The van der Waals surface area contributed by atoms with Crippen molar-refractivity contribution in [1.82, 2.24) is 0 Å². The van der Waals surface area contributed by atoms with Gasteiger partial charge in [0.25, 0.3) is 0 Å². The van der Waals surface area contributed by atoms with E-state index in [1.165, 1.54) is 24.3 Å². The van der Waals surface area contributed by atoms with Gasteiger partial charge in [0.2, 0.25) is 5.43 Å². The van der Waals surface area contributed by atoms with E-state index in [1.807, 2.05) is 36.4 Å². The molecule has 1 aromatic heterocycles. The molecule has 4 nitrogen and oxygen atoms in total. The van der Waals surface area contributed by atoms with Crippen LogP contribution in [0, 0.1) is 0 Å². The Labute approximate surface area is 173 Å². The van der Waals surface area contributed by atoms with Gasteiger partial charge in [0.1, 0.15) is 17.1 Å². The third-order valence-corrected chi connectivity index (χ3v) is 4.66. The number of aromatic hydroxyl groups is 1. The predicted molar refractivity (Wildman–Crippen MR) is 119 cm³/mol. The quantitative estimate of drug-likeness (QED) is 0.355. The summed E-state index contributed by atoms with van der Waals surface area (Å²) < 4.78 is 5.96. The third kappa shape index (κ3) is 3.98. The van der Waals surface area contributed by atoms with Gasteiger partial charge in [-0.2, -0.15) is 0 Å². The van der Waals surface area contributed by atoms with Crippen LogP contribution >= 0.6 is 0 Å². The zero-order valence-electron chi connectivity index (χ0n) is 16.0. The van der Waals surface area contributed by atoms with Crippen molar-refractivity contribution in [1.29, 1.82) is 0 Å². The van der Waals surface area contributed by atoms with Crippen molar-refractivity contribution in [3.05, 3.63) is 118 Å². The number of para-hydroxylation sites is 2. The van der Waals surface area contributed by atoms with Crippen LogP contribution in [0.5, 0.6) is 5.75 Å². The van der Waals surface area contributed by atoms with Crippen molar-refractivity contribution >= 4 is 35.0 Å². The summed E-state index contributed by atoms with van der Waals surface area (Å²) in [6, 6.07) is 22.9. The molecule has 0 spiro atoms. The maximum atomic E-state index is 13.1. The number of carbonyl (C=O) groups is 1. The minimum Gasteiger partial charge on any atom is -0.507 e. The SMILES string of the molecule is O=C(/C=C/c1c(/C=C/c2ccccc2)oc2ccccc2c1=O)c1ccccc1O. The summed E-state index contributed by atoms with van der Waals surface area (Å²) >= 11 is 0. The molecule has 0 saturated heterocycles. The Bertz CT molecular complexity index is 1330. The molecular formula is C26H18O4. The Morgan fingerprint density at radius 1 is 0.800 bits per heavy atom. The predicted octanol–water partition coefficient (Wildman–Crippen LogP) is 5.57. The minimum atomic E-state index is -0.404. The molecule has 4 heteroatoms. The average Bonchev–Trinajstić information content (AvgIpc) is 2.78. The van der Waals surface area contributed by atoms with Crippen molar-refractivity contribution in [2.75, 3.05) is 0 Å². The largest absolute Gasteiger partial charge is 0.507 e. The van der Waals surface area contributed by atoms with Crippen LogP contribution in [-0.4, -0.2) is 10.9 Å². The first-order valence-electron chi connectivity index (χ1n) is 9.43. The first-order chi connectivity index (χ1) is 14.6. The van der Waals surface area contributed by atoms with Gasteiger partial charge in [-0.25, -0.2) is 0 Å². The van der Waals surface area contributed by atoms with Gasteiger partial charge in [0, 0.05) is 0 Å². The van der Waals surface area contributed by atoms with Crippen LogP contribution < -0.4 is 5.43 Å². The van der Waals surface area contributed by atoms with E-state index in [-0.39, 0.29) is 22.3 Å². The highest BCUT2D eigenvalue weighted by atomic mass is 16.3. The Kier molecular flexibility index (Phi) is 5.39. The molecule has 0 radical (unpaired) electrons. The van der Waals surface area contributed by atoms with Crippen molar-refractivity contribution in [2.45, 2.75) is 0 Å². The van der Waals surface area contributed by atoms with Gasteiger partial charge in [-0.1, -0.05) is 60.7 Å². The second-order valence-corrected chi connectivity index (χ2v) is 6.66. The van der Waals surface area contributed by atoms with Crippen LogP contribution in [0.15, 0.2) is 94.2 Å². The molecule has 0 aliphatic carbocycles. The van der Waals surface area contributed by atoms with Crippen molar-refractivity contribution in [3.63, 3.8) is 0 Å². The van der Waals surface area contributed by atoms with Gasteiger partial charge in [-0.05, 0) is 48.1 Å². The highest BCUT2D eigenvalue weighted by Crippen LogP contribution is 2.21. The Morgan fingerprint density at radius 3 is 2.30 bits per heavy atom. The maximum absolute atomic E-state index is 13.1. The molecule has 3 aromatic carbocycles. The van der Waals surface area contributed by atoms with Crippen LogP contribution in [0.4, 0.5) is 0 Å². The van der Waals surface area contributed by atoms with E-state index in [0.29, 0.717) is 16.7 Å². The summed E-state index contributed by atoms with van der Waals surface area (Å²) in [5, 5.41) is 10.3. The van der Waals surface area contributed by atoms with E-state index >= 15 is 0 Å². The number of carbonyl (C=O) groups excluding carboxylic acids is 1. The summed E-state index contributed by atoms with van der Waals surface area (Å²) in [6.45, 7) is 0. The van der Waals surface area contributed by atoms with Gasteiger partial charge >= 0.3 is 0 Å². The maximum Gasteiger partial charge on any atom is 0.200 e. The summed E-state index contributed by atoms with van der Waals surface area (Å²) in [5.41, 5.74) is 1.63. The molecule has 0 amide bonds. The number of allylic oxidation sites excluding steroid dienone is 1. The van der Waals surface area contributed by atoms with Gasteiger partial charge in [0.15, 0.2) is 5.78 Å².